The molecule has 18 heavy (non-hydrogen) atoms. The van der Waals surface area contributed by atoms with E-state index in [0.29, 0.717) is 12.2 Å². The number of rotatable bonds is 3. The van der Waals surface area contributed by atoms with E-state index < -0.39 is 17.0 Å². The van der Waals surface area contributed by atoms with Crippen molar-refractivity contribution in [2.45, 2.75) is 6.10 Å². The first-order valence-electron chi connectivity index (χ1n) is 5.27. The average molecular weight is 253 g/mol. The molecule has 8 heteroatoms. The number of morpholine rings is 1. The van der Waals surface area contributed by atoms with Gasteiger partial charge in [-0.2, -0.15) is 0 Å². The summed E-state index contributed by atoms with van der Waals surface area (Å²) in [5, 5.41) is 19.8. The maximum Gasteiger partial charge on any atom is 0.334 e. The molecule has 2 heterocycles. The van der Waals surface area contributed by atoms with Gasteiger partial charge in [-0.15, -0.1) is 0 Å². The normalized spacial score (nSPS) is 19.6. The highest BCUT2D eigenvalue weighted by Gasteiger charge is 2.29. The minimum absolute atomic E-state index is 0.0835. The van der Waals surface area contributed by atoms with Gasteiger partial charge in [0.2, 0.25) is 0 Å². The van der Waals surface area contributed by atoms with Gasteiger partial charge in [-0.05, 0) is 6.07 Å². The molecule has 0 saturated carbocycles. The van der Waals surface area contributed by atoms with Crippen LogP contribution in [-0.4, -0.2) is 46.8 Å². The minimum atomic E-state index is -1.07. The van der Waals surface area contributed by atoms with Crippen LogP contribution in [0.5, 0.6) is 0 Å². The molecular weight excluding hydrogens is 242 g/mol. The van der Waals surface area contributed by atoms with Crippen molar-refractivity contribution in [3.8, 4) is 0 Å². The number of anilines is 1. The van der Waals surface area contributed by atoms with Crippen molar-refractivity contribution in [3.05, 3.63) is 28.6 Å². The molecule has 1 saturated heterocycles. The molecule has 1 N–H and O–H groups in total. The molecular formula is C10H11N3O5. The van der Waals surface area contributed by atoms with E-state index in [-0.39, 0.29) is 18.8 Å². The lowest BCUT2D eigenvalue weighted by molar-refractivity contribution is -0.384. The summed E-state index contributed by atoms with van der Waals surface area (Å²) in [7, 11) is 0. The average Bonchev–Trinajstić information content (AvgIpc) is 2.39. The second-order valence-corrected chi connectivity index (χ2v) is 3.77. The third-order valence-electron chi connectivity index (χ3n) is 2.66. The molecule has 0 aliphatic carbocycles. The molecule has 2 rings (SSSR count). The van der Waals surface area contributed by atoms with E-state index in [9.17, 15) is 14.9 Å². The maximum absolute atomic E-state index is 10.9. The van der Waals surface area contributed by atoms with E-state index in [1.54, 1.807) is 4.90 Å². The highest BCUT2D eigenvalue weighted by molar-refractivity contribution is 5.74. The zero-order valence-corrected chi connectivity index (χ0v) is 9.35. The highest BCUT2D eigenvalue weighted by atomic mass is 16.6. The zero-order valence-electron chi connectivity index (χ0n) is 9.35. The van der Waals surface area contributed by atoms with E-state index in [1.807, 2.05) is 0 Å². The Morgan fingerprint density at radius 1 is 1.67 bits per heavy atom. The van der Waals surface area contributed by atoms with Crippen molar-refractivity contribution in [2.24, 2.45) is 0 Å². The summed E-state index contributed by atoms with van der Waals surface area (Å²) in [5.41, 5.74) is 0.230. The van der Waals surface area contributed by atoms with Crippen molar-refractivity contribution in [1.29, 1.82) is 0 Å². The molecule has 0 amide bonds. The van der Waals surface area contributed by atoms with Crippen molar-refractivity contribution in [2.75, 3.05) is 24.6 Å². The van der Waals surface area contributed by atoms with Crippen LogP contribution < -0.4 is 4.90 Å². The van der Waals surface area contributed by atoms with Gasteiger partial charge in [-0.3, -0.25) is 15.1 Å². The summed E-state index contributed by atoms with van der Waals surface area (Å²) < 4.78 is 5.06. The number of ether oxygens (including phenoxy) is 1. The predicted molar refractivity (Wildman–Crippen MR) is 60.5 cm³/mol. The topological polar surface area (TPSA) is 106 Å². The smallest absolute Gasteiger partial charge is 0.334 e. The fourth-order valence-corrected chi connectivity index (χ4v) is 1.80. The quantitative estimate of drug-likeness (QED) is 0.609. The van der Waals surface area contributed by atoms with Crippen LogP contribution in [0.4, 0.5) is 11.4 Å². The third-order valence-corrected chi connectivity index (χ3v) is 2.66. The van der Waals surface area contributed by atoms with Crippen molar-refractivity contribution >= 4 is 17.3 Å². The number of carboxylic acid groups (broad SMARTS) is 1. The van der Waals surface area contributed by atoms with Gasteiger partial charge < -0.3 is 14.7 Å². The zero-order chi connectivity index (χ0) is 13.1. The van der Waals surface area contributed by atoms with Gasteiger partial charge in [0.1, 0.15) is 11.9 Å². The molecule has 1 aliphatic heterocycles. The molecule has 1 aromatic rings. The van der Waals surface area contributed by atoms with Crippen molar-refractivity contribution < 1.29 is 19.6 Å². The van der Waals surface area contributed by atoms with Crippen LogP contribution in [0.1, 0.15) is 0 Å². The number of aliphatic carboxylic acids is 1. The van der Waals surface area contributed by atoms with Crippen LogP contribution in [-0.2, 0) is 9.53 Å². The lowest BCUT2D eigenvalue weighted by Crippen LogP contribution is -2.46. The largest absolute Gasteiger partial charge is 0.479 e. The monoisotopic (exact) mass is 253 g/mol. The van der Waals surface area contributed by atoms with E-state index >= 15 is 0 Å². The molecule has 0 bridgehead atoms. The van der Waals surface area contributed by atoms with E-state index in [4.69, 9.17) is 9.84 Å². The molecule has 1 aliphatic rings. The number of hydrogen-bond acceptors (Lipinski definition) is 6. The Kier molecular flexibility index (Phi) is 3.38. The minimum Gasteiger partial charge on any atom is -0.479 e. The lowest BCUT2D eigenvalue weighted by Gasteiger charge is -2.31. The van der Waals surface area contributed by atoms with E-state index in [0.717, 1.165) is 6.20 Å². The summed E-state index contributed by atoms with van der Waals surface area (Å²) in [6, 6.07) is 1.50. The summed E-state index contributed by atoms with van der Waals surface area (Å²) >= 11 is 0. The molecule has 1 unspecified atom stereocenters. The molecule has 0 radical (unpaired) electrons. The number of hydrogen-bond donors (Lipinski definition) is 1. The molecule has 0 aromatic carbocycles. The number of pyridine rings is 1. The summed E-state index contributed by atoms with van der Waals surface area (Å²) in [6.07, 6.45) is 1.63. The molecule has 0 spiro atoms. The Morgan fingerprint density at radius 2 is 2.44 bits per heavy atom. The molecule has 1 aromatic heterocycles. The predicted octanol–water partition coefficient (Wildman–Crippen LogP) is 0.280. The number of nitro groups is 1. The lowest BCUT2D eigenvalue weighted by atomic mass is 10.2. The van der Waals surface area contributed by atoms with Gasteiger partial charge >= 0.3 is 11.7 Å². The maximum atomic E-state index is 10.9. The van der Waals surface area contributed by atoms with Crippen LogP contribution in [0.3, 0.4) is 0 Å². The standard InChI is InChI=1S/C10H11N3O5/c14-10(15)9-6-12(3-4-18-9)7-1-2-11-5-8(7)13(16)17/h1-2,5,9H,3-4,6H2,(H,14,15). The van der Waals surface area contributed by atoms with E-state index in [2.05, 4.69) is 4.98 Å². The second-order valence-electron chi connectivity index (χ2n) is 3.77. The fourth-order valence-electron chi connectivity index (χ4n) is 1.80. The summed E-state index contributed by atoms with van der Waals surface area (Å²) in [5.74, 6) is -1.07. The van der Waals surface area contributed by atoms with Gasteiger partial charge in [0.05, 0.1) is 18.1 Å². The Bertz CT molecular complexity index is 478. The number of nitrogens with zero attached hydrogens (tertiary/aromatic N) is 3. The van der Waals surface area contributed by atoms with Gasteiger partial charge in [-0.1, -0.05) is 0 Å². The molecule has 8 nitrogen and oxygen atoms in total. The van der Waals surface area contributed by atoms with Gasteiger partial charge in [-0.25, -0.2) is 4.79 Å². The Hall–Kier alpha value is -2.22. The first-order chi connectivity index (χ1) is 8.59. The first-order valence-corrected chi connectivity index (χ1v) is 5.27. The van der Waals surface area contributed by atoms with E-state index in [1.165, 1.54) is 12.3 Å². The van der Waals surface area contributed by atoms with Crippen LogP contribution >= 0.6 is 0 Å². The first kappa shape index (κ1) is 12.2. The number of carboxylic acids is 1. The third kappa shape index (κ3) is 2.38. The summed E-state index contributed by atoms with van der Waals surface area (Å²) in [4.78, 5) is 26.5. The molecule has 1 atom stereocenters. The highest BCUT2D eigenvalue weighted by Crippen LogP contribution is 2.27. The Balaban J connectivity index is 2.26. The van der Waals surface area contributed by atoms with Crippen LogP contribution in [0.15, 0.2) is 18.5 Å². The van der Waals surface area contributed by atoms with Crippen LogP contribution in [0, 0.1) is 10.1 Å². The van der Waals surface area contributed by atoms with Crippen LogP contribution in [0.25, 0.3) is 0 Å². The Morgan fingerprint density at radius 3 is 3.11 bits per heavy atom. The van der Waals surface area contributed by atoms with Crippen molar-refractivity contribution in [3.63, 3.8) is 0 Å². The number of carbonyl (C=O) groups is 1. The Labute approximate surface area is 102 Å². The summed E-state index contributed by atoms with van der Waals surface area (Å²) in [6.45, 7) is 0.714. The van der Waals surface area contributed by atoms with Gasteiger partial charge in [0.25, 0.3) is 0 Å². The fraction of sp³-hybridized carbons (Fsp3) is 0.400. The number of aromatic nitrogens is 1. The van der Waals surface area contributed by atoms with Crippen molar-refractivity contribution in [1.82, 2.24) is 4.98 Å². The van der Waals surface area contributed by atoms with Gasteiger partial charge in [0.15, 0.2) is 6.10 Å². The second kappa shape index (κ2) is 4.96. The van der Waals surface area contributed by atoms with Crippen LogP contribution in [0.2, 0.25) is 0 Å². The molecule has 96 valence electrons. The molecule has 1 fully saturated rings. The SMILES string of the molecule is O=C(O)C1CN(c2ccncc2[N+](=O)[O-])CCO1. The van der Waals surface area contributed by atoms with Gasteiger partial charge in [0, 0.05) is 12.7 Å².